The predicted molar refractivity (Wildman–Crippen MR) is 52.3 cm³/mol. The fourth-order valence-corrected chi connectivity index (χ4v) is 1.12. The lowest BCUT2D eigenvalue weighted by Crippen LogP contribution is -2.31. The van der Waals surface area contributed by atoms with Crippen LogP contribution in [-0.4, -0.2) is 22.1 Å². The van der Waals surface area contributed by atoms with Gasteiger partial charge in [-0.2, -0.15) is 0 Å². The lowest BCUT2D eigenvalue weighted by molar-refractivity contribution is -0.141. The van der Waals surface area contributed by atoms with Crippen LogP contribution < -0.4 is 5.32 Å². The molecule has 0 saturated heterocycles. The Labute approximate surface area is 87.8 Å². The van der Waals surface area contributed by atoms with Gasteiger partial charge in [0, 0.05) is 8.27 Å². The van der Waals surface area contributed by atoms with Crippen molar-refractivity contribution >= 4 is 11.9 Å². The van der Waals surface area contributed by atoms with Gasteiger partial charge in [0.15, 0.2) is 6.04 Å². The topological polar surface area (TPSA) is 86.6 Å². The third-order valence-corrected chi connectivity index (χ3v) is 1.78. The second kappa shape index (κ2) is 4.45. The fourth-order valence-electron chi connectivity index (χ4n) is 1.12. The molecule has 1 aromatic carbocycles. The molecule has 0 bridgehead atoms. The summed E-state index contributed by atoms with van der Waals surface area (Å²) in [7, 11) is 0. The van der Waals surface area contributed by atoms with Crippen molar-refractivity contribution in [1.29, 1.82) is 0 Å². The zero-order valence-corrected chi connectivity index (χ0v) is 7.80. The number of carbonyl (C=O) groups is 2. The molecule has 1 atom stereocenters. The van der Waals surface area contributed by atoms with Crippen LogP contribution in [0.15, 0.2) is 24.3 Å². The number of carboxylic acid groups (broad SMARTS) is 1. The summed E-state index contributed by atoms with van der Waals surface area (Å²) in [6.07, 6.45) is 0. The molecular formula is C10H11NO4. The van der Waals surface area contributed by atoms with E-state index in [4.69, 9.17) is 11.6 Å². The highest BCUT2D eigenvalue weighted by molar-refractivity contribution is 5.83. The smallest absolute Gasteiger partial charge is 0.330 e. The van der Waals surface area contributed by atoms with E-state index < -0.39 is 24.8 Å². The summed E-state index contributed by atoms with van der Waals surface area (Å²) in [5.41, 5.74) is 0.340. The number of benzene rings is 1. The highest BCUT2D eigenvalue weighted by atomic mass is 16.4. The van der Waals surface area contributed by atoms with Gasteiger partial charge in [-0.3, -0.25) is 4.79 Å². The second-order valence-corrected chi connectivity index (χ2v) is 2.93. The highest BCUT2D eigenvalue weighted by Gasteiger charge is 2.20. The molecule has 5 nitrogen and oxygen atoms in total. The number of carbonyl (C=O) groups excluding carboxylic acids is 1. The van der Waals surface area contributed by atoms with Crippen molar-refractivity contribution in [3.05, 3.63) is 29.8 Å². The van der Waals surface area contributed by atoms with E-state index >= 15 is 0 Å². The molecule has 1 amide bonds. The standard InChI is InChI=1S/C10H11NO4/c1-6(12)11-9(10(14)15)7-2-4-8(13)5-3-7/h2-5,9,13H,1H3,(H,11,12)(H,14,15)/i1D. The summed E-state index contributed by atoms with van der Waals surface area (Å²) in [6.45, 7) is -0.526. The molecule has 1 unspecified atom stereocenters. The molecule has 5 heteroatoms. The molecule has 0 aromatic heterocycles. The Kier molecular flexibility index (Phi) is 2.82. The first kappa shape index (κ1) is 9.51. The molecule has 1 aromatic rings. The number of aromatic hydroxyl groups is 1. The van der Waals surface area contributed by atoms with E-state index in [1.165, 1.54) is 24.3 Å². The van der Waals surface area contributed by atoms with E-state index in [1.807, 2.05) is 0 Å². The summed E-state index contributed by atoms with van der Waals surface area (Å²) in [5, 5.41) is 20.1. The van der Waals surface area contributed by atoms with Crippen molar-refractivity contribution in [3.63, 3.8) is 0 Å². The molecule has 0 saturated carbocycles. The minimum Gasteiger partial charge on any atom is -0.508 e. The molecule has 0 heterocycles. The number of carboxylic acids is 1. The zero-order valence-electron chi connectivity index (χ0n) is 8.80. The Balaban J connectivity index is 2.89. The van der Waals surface area contributed by atoms with Crippen LogP contribution in [0.2, 0.25) is 0 Å². The van der Waals surface area contributed by atoms with Crippen LogP contribution in [0.5, 0.6) is 5.75 Å². The number of hydrogen-bond acceptors (Lipinski definition) is 3. The van der Waals surface area contributed by atoms with Gasteiger partial charge in [0.1, 0.15) is 5.75 Å². The van der Waals surface area contributed by atoms with Crippen LogP contribution in [-0.2, 0) is 9.59 Å². The lowest BCUT2D eigenvalue weighted by Gasteiger charge is -2.13. The molecule has 0 aliphatic carbocycles. The Morgan fingerprint density at radius 1 is 1.40 bits per heavy atom. The van der Waals surface area contributed by atoms with Gasteiger partial charge in [0.05, 0.1) is 0 Å². The number of phenolic OH excluding ortho intramolecular Hbond substituents is 1. The maximum atomic E-state index is 11.0. The molecule has 0 aliphatic rings. The van der Waals surface area contributed by atoms with Crippen LogP contribution in [0.25, 0.3) is 0 Å². The molecule has 0 aliphatic heterocycles. The van der Waals surface area contributed by atoms with E-state index in [-0.39, 0.29) is 5.75 Å². The Hall–Kier alpha value is -2.04. The van der Waals surface area contributed by atoms with E-state index in [1.54, 1.807) is 0 Å². The van der Waals surface area contributed by atoms with Crippen molar-refractivity contribution in [1.82, 2.24) is 5.32 Å². The van der Waals surface area contributed by atoms with Crippen LogP contribution in [0.1, 0.15) is 19.9 Å². The molecule has 1 rings (SSSR count). The minimum absolute atomic E-state index is 0.0136. The van der Waals surface area contributed by atoms with Gasteiger partial charge >= 0.3 is 5.97 Å². The number of rotatable bonds is 3. The first-order valence-corrected chi connectivity index (χ1v) is 4.15. The SMILES string of the molecule is [2H]CC(=O)NC(C(=O)O)c1ccc(O)cc1. The van der Waals surface area contributed by atoms with Crippen LogP contribution in [0.4, 0.5) is 0 Å². The van der Waals surface area contributed by atoms with Gasteiger partial charge in [-0.25, -0.2) is 4.79 Å². The van der Waals surface area contributed by atoms with E-state index in [2.05, 4.69) is 5.32 Å². The summed E-state index contributed by atoms with van der Waals surface area (Å²) in [5.74, 6) is -1.87. The summed E-state index contributed by atoms with van der Waals surface area (Å²) < 4.78 is 6.79. The fraction of sp³-hybridized carbons (Fsp3) is 0.200. The number of phenols is 1. The first-order valence-electron chi connectivity index (χ1n) is 4.85. The summed E-state index contributed by atoms with van der Waals surface area (Å²) >= 11 is 0. The minimum atomic E-state index is -1.22. The number of nitrogens with one attached hydrogen (secondary N) is 1. The lowest BCUT2D eigenvalue weighted by atomic mass is 10.1. The molecule has 15 heavy (non-hydrogen) atoms. The number of aliphatic carboxylic acids is 1. The second-order valence-electron chi connectivity index (χ2n) is 2.93. The van der Waals surface area contributed by atoms with Crippen LogP contribution in [0, 0.1) is 0 Å². The monoisotopic (exact) mass is 210 g/mol. The third kappa shape index (κ3) is 2.98. The Morgan fingerprint density at radius 3 is 2.47 bits per heavy atom. The van der Waals surface area contributed by atoms with Crippen molar-refractivity contribution < 1.29 is 21.2 Å². The van der Waals surface area contributed by atoms with Crippen molar-refractivity contribution in [2.45, 2.75) is 12.9 Å². The first-order chi connectivity index (χ1) is 7.54. The van der Waals surface area contributed by atoms with Crippen molar-refractivity contribution in [3.8, 4) is 5.75 Å². The average Bonchev–Trinajstić information content (AvgIpc) is 2.26. The zero-order chi connectivity index (χ0) is 12.1. The Morgan fingerprint density at radius 2 is 2.00 bits per heavy atom. The van der Waals surface area contributed by atoms with E-state index in [0.29, 0.717) is 5.56 Å². The van der Waals surface area contributed by atoms with Gasteiger partial charge in [-0.1, -0.05) is 12.1 Å². The van der Waals surface area contributed by atoms with Gasteiger partial charge in [0.25, 0.3) is 0 Å². The van der Waals surface area contributed by atoms with Gasteiger partial charge < -0.3 is 15.5 Å². The summed E-state index contributed by atoms with van der Waals surface area (Å²) in [6, 6.07) is 4.27. The predicted octanol–water partition coefficient (Wildman–Crippen LogP) is 0.654. The van der Waals surface area contributed by atoms with Gasteiger partial charge in [-0.05, 0) is 17.7 Å². The maximum Gasteiger partial charge on any atom is 0.330 e. The molecule has 0 fully saturated rings. The van der Waals surface area contributed by atoms with Gasteiger partial charge in [0.2, 0.25) is 5.91 Å². The number of hydrogen-bond donors (Lipinski definition) is 3. The Bertz CT molecular complexity index is 390. The van der Waals surface area contributed by atoms with E-state index in [9.17, 15) is 9.59 Å². The van der Waals surface area contributed by atoms with Crippen LogP contribution in [0.3, 0.4) is 0 Å². The van der Waals surface area contributed by atoms with E-state index in [0.717, 1.165) is 0 Å². The average molecular weight is 210 g/mol. The largest absolute Gasteiger partial charge is 0.508 e. The van der Waals surface area contributed by atoms with Crippen LogP contribution >= 0.6 is 0 Å². The number of amides is 1. The molecule has 0 radical (unpaired) electrons. The molecule has 3 N–H and O–H groups in total. The quantitative estimate of drug-likeness (QED) is 0.683. The third-order valence-electron chi connectivity index (χ3n) is 1.78. The molecule has 80 valence electrons. The van der Waals surface area contributed by atoms with Crippen molar-refractivity contribution in [2.24, 2.45) is 0 Å². The maximum absolute atomic E-state index is 11.0. The molecular weight excluding hydrogens is 198 g/mol. The normalized spacial score (nSPS) is 12.7. The van der Waals surface area contributed by atoms with Gasteiger partial charge in [-0.15, -0.1) is 0 Å². The van der Waals surface area contributed by atoms with Crippen molar-refractivity contribution in [2.75, 3.05) is 0 Å². The molecule has 0 spiro atoms. The highest BCUT2D eigenvalue weighted by Crippen LogP contribution is 2.16. The summed E-state index contributed by atoms with van der Waals surface area (Å²) in [4.78, 5) is 21.9.